The average molecular weight is 288 g/mol. The molecule has 0 unspecified atom stereocenters. The SMILES string of the molecule is Cc1ccc(NC(=S)NC(=O)c2occc2C)c(C)c1. The molecule has 1 aromatic heterocycles. The van der Waals surface area contributed by atoms with Gasteiger partial charge in [0.15, 0.2) is 10.9 Å². The second-order valence-corrected chi connectivity index (χ2v) is 5.07. The van der Waals surface area contributed by atoms with Crippen molar-refractivity contribution in [2.45, 2.75) is 20.8 Å². The summed E-state index contributed by atoms with van der Waals surface area (Å²) >= 11 is 5.14. The molecule has 0 fully saturated rings. The summed E-state index contributed by atoms with van der Waals surface area (Å²) in [7, 11) is 0. The summed E-state index contributed by atoms with van der Waals surface area (Å²) < 4.78 is 5.12. The van der Waals surface area contributed by atoms with Gasteiger partial charge in [-0.2, -0.15) is 0 Å². The first-order valence-electron chi connectivity index (χ1n) is 6.21. The topological polar surface area (TPSA) is 54.3 Å². The van der Waals surface area contributed by atoms with Gasteiger partial charge in [-0.1, -0.05) is 17.7 Å². The summed E-state index contributed by atoms with van der Waals surface area (Å²) in [5, 5.41) is 5.86. The first-order chi connectivity index (χ1) is 9.47. The van der Waals surface area contributed by atoms with Gasteiger partial charge in [-0.05, 0) is 50.7 Å². The molecule has 0 atom stereocenters. The zero-order valence-corrected chi connectivity index (χ0v) is 12.4. The summed E-state index contributed by atoms with van der Waals surface area (Å²) in [6.45, 7) is 5.81. The zero-order chi connectivity index (χ0) is 14.7. The van der Waals surface area contributed by atoms with E-state index in [1.54, 1.807) is 13.0 Å². The third-order valence-corrected chi connectivity index (χ3v) is 3.13. The number of carbonyl (C=O) groups excluding carboxylic acids is 1. The number of nitrogens with one attached hydrogen (secondary N) is 2. The number of amides is 1. The summed E-state index contributed by atoms with van der Waals surface area (Å²) in [5.41, 5.74) is 3.89. The lowest BCUT2D eigenvalue weighted by Gasteiger charge is -2.11. The van der Waals surface area contributed by atoms with Crippen LogP contribution < -0.4 is 10.6 Å². The Morgan fingerprint density at radius 3 is 2.50 bits per heavy atom. The van der Waals surface area contributed by atoms with Crippen molar-refractivity contribution >= 4 is 28.9 Å². The Morgan fingerprint density at radius 2 is 1.90 bits per heavy atom. The molecule has 2 N–H and O–H groups in total. The van der Waals surface area contributed by atoms with Crippen LogP contribution in [0, 0.1) is 20.8 Å². The standard InChI is InChI=1S/C15H16N2O2S/c1-9-4-5-12(11(3)8-9)16-15(20)17-14(18)13-10(2)6-7-19-13/h4-8H,1-3H3,(H2,16,17,18,20). The second-order valence-electron chi connectivity index (χ2n) is 4.66. The maximum atomic E-state index is 11.9. The van der Waals surface area contributed by atoms with Crippen molar-refractivity contribution in [1.29, 1.82) is 0 Å². The Kier molecular flexibility index (Phi) is 4.20. The fraction of sp³-hybridized carbons (Fsp3) is 0.200. The number of hydrogen-bond donors (Lipinski definition) is 2. The predicted octanol–water partition coefficient (Wildman–Crippen LogP) is 3.33. The van der Waals surface area contributed by atoms with Crippen LogP contribution >= 0.6 is 12.2 Å². The number of anilines is 1. The van der Waals surface area contributed by atoms with E-state index in [1.807, 2.05) is 32.0 Å². The van der Waals surface area contributed by atoms with Crippen molar-refractivity contribution in [3.8, 4) is 0 Å². The molecule has 104 valence electrons. The van der Waals surface area contributed by atoms with Crippen molar-refractivity contribution in [1.82, 2.24) is 5.32 Å². The molecule has 0 radical (unpaired) electrons. The van der Waals surface area contributed by atoms with E-state index in [4.69, 9.17) is 16.6 Å². The number of aryl methyl sites for hydroxylation is 3. The lowest BCUT2D eigenvalue weighted by atomic mass is 10.1. The lowest BCUT2D eigenvalue weighted by Crippen LogP contribution is -2.34. The molecule has 2 aromatic rings. The third-order valence-electron chi connectivity index (χ3n) is 2.93. The van der Waals surface area contributed by atoms with Crippen LogP contribution in [0.1, 0.15) is 27.2 Å². The number of benzene rings is 1. The molecule has 5 heteroatoms. The van der Waals surface area contributed by atoms with E-state index in [-0.39, 0.29) is 16.8 Å². The first kappa shape index (κ1) is 14.3. The molecule has 2 rings (SSSR count). The van der Waals surface area contributed by atoms with Gasteiger partial charge < -0.3 is 9.73 Å². The van der Waals surface area contributed by atoms with Gasteiger partial charge in [0.05, 0.1) is 6.26 Å². The molecule has 0 saturated carbocycles. The second kappa shape index (κ2) is 5.88. The molecule has 0 bridgehead atoms. The van der Waals surface area contributed by atoms with E-state index in [0.717, 1.165) is 16.8 Å². The monoisotopic (exact) mass is 288 g/mol. The number of thiocarbonyl (C=S) groups is 1. The lowest BCUT2D eigenvalue weighted by molar-refractivity contribution is 0.0950. The van der Waals surface area contributed by atoms with Crippen molar-refractivity contribution in [3.63, 3.8) is 0 Å². The molecule has 20 heavy (non-hydrogen) atoms. The molecule has 0 aliphatic carbocycles. The Balaban J connectivity index is 2.03. The number of hydrogen-bond acceptors (Lipinski definition) is 3. The van der Waals surface area contributed by atoms with Gasteiger partial charge >= 0.3 is 0 Å². The fourth-order valence-electron chi connectivity index (χ4n) is 1.87. The molecule has 0 saturated heterocycles. The van der Waals surface area contributed by atoms with E-state index in [1.165, 1.54) is 11.8 Å². The molecule has 1 heterocycles. The van der Waals surface area contributed by atoms with Crippen molar-refractivity contribution < 1.29 is 9.21 Å². The molecule has 0 aliphatic heterocycles. The molecular formula is C15H16N2O2S. The highest BCUT2D eigenvalue weighted by Crippen LogP contribution is 2.16. The number of rotatable bonds is 2. The van der Waals surface area contributed by atoms with Gasteiger partial charge in [0, 0.05) is 11.3 Å². The van der Waals surface area contributed by atoms with Gasteiger partial charge in [0.25, 0.3) is 5.91 Å². The fourth-order valence-corrected chi connectivity index (χ4v) is 2.08. The van der Waals surface area contributed by atoms with Crippen LogP contribution in [0.15, 0.2) is 34.9 Å². The van der Waals surface area contributed by atoms with E-state index < -0.39 is 0 Å². The van der Waals surface area contributed by atoms with E-state index in [9.17, 15) is 4.79 Å². The largest absolute Gasteiger partial charge is 0.459 e. The van der Waals surface area contributed by atoms with Gasteiger partial charge in [0.2, 0.25) is 0 Å². The highest BCUT2D eigenvalue weighted by Gasteiger charge is 2.14. The minimum absolute atomic E-state index is 0.248. The first-order valence-corrected chi connectivity index (χ1v) is 6.62. The molecule has 4 nitrogen and oxygen atoms in total. The minimum Gasteiger partial charge on any atom is -0.459 e. The Labute approximate surface area is 123 Å². The average Bonchev–Trinajstić information content (AvgIpc) is 2.79. The van der Waals surface area contributed by atoms with Gasteiger partial charge in [-0.25, -0.2) is 0 Å². The van der Waals surface area contributed by atoms with Crippen LogP contribution in [0.4, 0.5) is 5.69 Å². The maximum Gasteiger partial charge on any atom is 0.293 e. The summed E-state index contributed by atoms with van der Waals surface area (Å²) in [6, 6.07) is 7.69. The summed E-state index contributed by atoms with van der Waals surface area (Å²) in [4.78, 5) is 11.9. The van der Waals surface area contributed by atoms with Crippen LogP contribution in [0.25, 0.3) is 0 Å². The number of carbonyl (C=O) groups is 1. The highest BCUT2D eigenvalue weighted by molar-refractivity contribution is 7.80. The Morgan fingerprint density at radius 1 is 1.15 bits per heavy atom. The van der Waals surface area contributed by atoms with Crippen LogP contribution in [0.2, 0.25) is 0 Å². The van der Waals surface area contributed by atoms with Crippen molar-refractivity contribution in [3.05, 3.63) is 53.0 Å². The van der Waals surface area contributed by atoms with E-state index >= 15 is 0 Å². The van der Waals surface area contributed by atoms with Crippen LogP contribution in [0.3, 0.4) is 0 Å². The van der Waals surface area contributed by atoms with Crippen LogP contribution in [-0.4, -0.2) is 11.0 Å². The smallest absolute Gasteiger partial charge is 0.293 e. The predicted molar refractivity (Wildman–Crippen MR) is 83.0 cm³/mol. The number of furan rings is 1. The van der Waals surface area contributed by atoms with Crippen molar-refractivity contribution in [2.24, 2.45) is 0 Å². The van der Waals surface area contributed by atoms with Gasteiger partial charge in [0.1, 0.15) is 0 Å². The highest BCUT2D eigenvalue weighted by atomic mass is 32.1. The summed E-state index contributed by atoms with van der Waals surface area (Å²) in [6.07, 6.45) is 1.48. The van der Waals surface area contributed by atoms with Gasteiger partial charge in [-0.3, -0.25) is 10.1 Å². The third kappa shape index (κ3) is 3.24. The Hall–Kier alpha value is -2.14. The Bertz CT molecular complexity index is 662. The molecule has 0 aliphatic rings. The minimum atomic E-state index is -0.352. The zero-order valence-electron chi connectivity index (χ0n) is 11.6. The van der Waals surface area contributed by atoms with Crippen LogP contribution in [-0.2, 0) is 0 Å². The molecule has 0 spiro atoms. The maximum absolute atomic E-state index is 11.9. The van der Waals surface area contributed by atoms with E-state index in [2.05, 4.69) is 10.6 Å². The normalized spacial score (nSPS) is 10.2. The molecule has 1 aromatic carbocycles. The quantitative estimate of drug-likeness (QED) is 0.832. The molecule has 1 amide bonds. The van der Waals surface area contributed by atoms with E-state index in [0.29, 0.717) is 0 Å². The van der Waals surface area contributed by atoms with Crippen molar-refractivity contribution in [2.75, 3.05) is 5.32 Å². The van der Waals surface area contributed by atoms with Gasteiger partial charge in [-0.15, -0.1) is 0 Å². The summed E-state index contributed by atoms with van der Waals surface area (Å²) in [5.74, 6) is -0.0791. The van der Waals surface area contributed by atoms with Crippen LogP contribution in [0.5, 0.6) is 0 Å². The molecular weight excluding hydrogens is 272 g/mol.